The Morgan fingerprint density at radius 2 is 2.04 bits per heavy atom. The highest BCUT2D eigenvalue weighted by atomic mass is 32.2. The first-order chi connectivity index (χ1) is 12.3. The van der Waals surface area contributed by atoms with Crippen LogP contribution in [0.4, 0.5) is 0 Å². The van der Waals surface area contributed by atoms with Crippen molar-refractivity contribution in [3.63, 3.8) is 0 Å². The van der Waals surface area contributed by atoms with Gasteiger partial charge in [-0.1, -0.05) is 30.4 Å². The van der Waals surface area contributed by atoms with Gasteiger partial charge in [0.1, 0.15) is 4.75 Å². The average molecular weight is 382 g/mol. The summed E-state index contributed by atoms with van der Waals surface area (Å²) in [4.78, 5) is 14.4. The summed E-state index contributed by atoms with van der Waals surface area (Å²) in [6, 6.07) is 0.00193. The van der Waals surface area contributed by atoms with Gasteiger partial charge < -0.3 is 9.87 Å². The van der Waals surface area contributed by atoms with E-state index >= 15 is 0 Å². The second kappa shape index (κ2) is 12.3. The smallest absolute Gasteiger partial charge is 0.220 e. The molecule has 0 aromatic carbocycles. The summed E-state index contributed by atoms with van der Waals surface area (Å²) in [5.74, 6) is 0.0567. The molecule has 0 saturated heterocycles. The first kappa shape index (κ1) is 23.0. The number of hydrogen-bond donors (Lipinski definition) is 2. The van der Waals surface area contributed by atoms with Gasteiger partial charge in [-0.2, -0.15) is 0 Å². The highest BCUT2D eigenvalue weighted by molar-refractivity contribution is 7.90. The van der Waals surface area contributed by atoms with Crippen LogP contribution in [-0.2, 0) is 16.2 Å². The minimum atomic E-state index is -1.05. The van der Waals surface area contributed by atoms with Crippen LogP contribution in [0.5, 0.6) is 0 Å². The van der Waals surface area contributed by atoms with E-state index in [1.54, 1.807) is 0 Å². The molecular weight excluding hydrogens is 346 g/mol. The molecule has 0 aromatic rings. The summed E-state index contributed by atoms with van der Waals surface area (Å²) in [5, 5.41) is 3.06. The van der Waals surface area contributed by atoms with Gasteiger partial charge in [-0.15, -0.1) is 11.3 Å². The lowest BCUT2D eigenvalue weighted by Gasteiger charge is -2.23. The lowest BCUT2D eigenvalue weighted by molar-refractivity contribution is -0.121. The van der Waals surface area contributed by atoms with Crippen molar-refractivity contribution in [3.05, 3.63) is 37.0 Å². The van der Waals surface area contributed by atoms with E-state index in [-0.39, 0.29) is 16.7 Å². The molecule has 148 valence electrons. The average Bonchev–Trinajstić information content (AvgIpc) is 3.07. The zero-order chi connectivity index (χ0) is 19.4. The van der Waals surface area contributed by atoms with E-state index in [1.807, 2.05) is 26.8 Å². The van der Waals surface area contributed by atoms with Gasteiger partial charge in [-0.3, -0.25) is 9.69 Å². The Balaban J connectivity index is 2.20. The minimum absolute atomic E-state index is 0.00193. The van der Waals surface area contributed by atoms with Crippen molar-refractivity contribution >= 4 is 17.3 Å². The molecule has 1 amide bonds. The Morgan fingerprint density at radius 3 is 2.65 bits per heavy atom. The van der Waals surface area contributed by atoms with E-state index in [4.69, 9.17) is 0 Å². The molecule has 6 heteroatoms. The lowest BCUT2D eigenvalue weighted by atomic mass is 10.1. The van der Waals surface area contributed by atoms with Crippen LogP contribution in [0.1, 0.15) is 46.5 Å². The number of unbranched alkanes of at least 4 members (excludes halogenated alkanes) is 1. The molecule has 1 aliphatic rings. The number of nitrogens with one attached hydrogen (secondary N) is 2. The molecule has 2 N–H and O–H groups in total. The second-order valence-electron chi connectivity index (χ2n) is 7.55. The van der Waals surface area contributed by atoms with E-state index in [2.05, 4.69) is 45.8 Å². The number of rotatable bonds is 12. The van der Waals surface area contributed by atoms with Gasteiger partial charge >= 0.3 is 0 Å². The number of nitrogens with zero attached hydrogens (tertiary/aromatic N) is 1. The number of hydrogen-bond acceptors (Lipinski definition) is 4. The molecule has 0 saturated carbocycles. The standard InChI is InChI=1S/C20H35N3O2S/c1-5-11-18(12-10-17-23-15-8-9-16-23)22-19(24)13-6-7-14-21-26(25)20(2,3)4/h5,8-10,12,18,21H,1,6-7,11,13-17H2,2-4H3,(H,22,24)/b12-10-. The molecule has 1 rings (SSSR count). The molecule has 5 nitrogen and oxygen atoms in total. The Morgan fingerprint density at radius 1 is 1.35 bits per heavy atom. The van der Waals surface area contributed by atoms with Crippen molar-refractivity contribution in [2.24, 2.45) is 0 Å². The fraction of sp³-hybridized carbons (Fsp3) is 0.650. The second-order valence-corrected chi connectivity index (χ2v) is 9.60. The third-order valence-electron chi connectivity index (χ3n) is 4.01. The SMILES string of the molecule is C=CCC(/C=C\CN1CC=CC1)NC(=O)CCCCN[S+]([O-])C(C)(C)C. The summed E-state index contributed by atoms with van der Waals surface area (Å²) >= 11 is -1.05. The molecule has 0 aromatic heterocycles. The van der Waals surface area contributed by atoms with Crippen LogP contribution in [0, 0.1) is 0 Å². The Labute approximate surface area is 162 Å². The van der Waals surface area contributed by atoms with Crippen molar-refractivity contribution in [3.8, 4) is 0 Å². The Hall–Kier alpha value is -1.08. The van der Waals surface area contributed by atoms with Crippen LogP contribution >= 0.6 is 0 Å². The molecule has 0 fully saturated rings. The van der Waals surface area contributed by atoms with Gasteiger partial charge in [0.05, 0.1) is 6.04 Å². The van der Waals surface area contributed by atoms with Gasteiger partial charge in [0.15, 0.2) is 0 Å². The van der Waals surface area contributed by atoms with E-state index in [9.17, 15) is 9.35 Å². The maximum atomic E-state index is 12.1. The zero-order valence-corrected chi connectivity index (χ0v) is 17.3. The fourth-order valence-electron chi connectivity index (χ4n) is 2.48. The molecule has 0 spiro atoms. The molecule has 0 radical (unpaired) electrons. The van der Waals surface area contributed by atoms with Gasteiger partial charge in [0.25, 0.3) is 0 Å². The fourth-order valence-corrected chi connectivity index (χ4v) is 3.24. The largest absolute Gasteiger partial charge is 0.598 e. The van der Waals surface area contributed by atoms with Crippen molar-refractivity contribution in [1.29, 1.82) is 0 Å². The van der Waals surface area contributed by atoms with E-state index in [0.29, 0.717) is 13.0 Å². The molecule has 2 atom stereocenters. The highest BCUT2D eigenvalue weighted by Gasteiger charge is 2.25. The zero-order valence-electron chi connectivity index (χ0n) is 16.5. The molecule has 0 bridgehead atoms. The first-order valence-electron chi connectivity index (χ1n) is 9.42. The molecule has 26 heavy (non-hydrogen) atoms. The van der Waals surface area contributed by atoms with Crippen LogP contribution < -0.4 is 10.0 Å². The Kier molecular flexibility index (Phi) is 10.9. The third-order valence-corrected chi connectivity index (χ3v) is 5.59. The van der Waals surface area contributed by atoms with Crippen LogP contribution in [0.2, 0.25) is 0 Å². The first-order valence-corrected chi connectivity index (χ1v) is 10.6. The maximum absolute atomic E-state index is 12.1. The van der Waals surface area contributed by atoms with Crippen molar-refractivity contribution in [1.82, 2.24) is 14.9 Å². The quantitative estimate of drug-likeness (QED) is 0.310. The number of carbonyl (C=O) groups is 1. The Bertz CT molecular complexity index is 478. The van der Waals surface area contributed by atoms with Gasteiger partial charge in [-0.05, 0) is 40.0 Å². The summed E-state index contributed by atoms with van der Waals surface area (Å²) in [5.41, 5.74) is 0. The predicted octanol–water partition coefficient (Wildman–Crippen LogP) is 2.70. The van der Waals surface area contributed by atoms with Crippen molar-refractivity contribution in [2.75, 3.05) is 26.2 Å². The monoisotopic (exact) mass is 381 g/mol. The predicted molar refractivity (Wildman–Crippen MR) is 111 cm³/mol. The van der Waals surface area contributed by atoms with Crippen LogP contribution in [-0.4, -0.2) is 52.3 Å². The van der Waals surface area contributed by atoms with Gasteiger partial charge in [-0.25, -0.2) is 0 Å². The van der Waals surface area contributed by atoms with Crippen LogP contribution in [0.3, 0.4) is 0 Å². The summed E-state index contributed by atoms with van der Waals surface area (Å²) in [7, 11) is 0. The molecule has 0 aliphatic carbocycles. The van der Waals surface area contributed by atoms with Crippen LogP contribution in [0.25, 0.3) is 0 Å². The molecule has 1 aliphatic heterocycles. The third kappa shape index (κ3) is 10.2. The lowest BCUT2D eigenvalue weighted by Crippen LogP contribution is -2.39. The summed E-state index contributed by atoms with van der Waals surface area (Å²) in [6.07, 6.45) is 13.2. The highest BCUT2D eigenvalue weighted by Crippen LogP contribution is 2.13. The van der Waals surface area contributed by atoms with Crippen molar-refractivity contribution < 1.29 is 9.35 Å². The van der Waals surface area contributed by atoms with Crippen LogP contribution in [0.15, 0.2) is 37.0 Å². The van der Waals surface area contributed by atoms with Gasteiger partial charge in [0, 0.05) is 44.0 Å². The number of amides is 1. The van der Waals surface area contributed by atoms with E-state index in [1.165, 1.54) is 0 Å². The maximum Gasteiger partial charge on any atom is 0.220 e. The minimum Gasteiger partial charge on any atom is -0.598 e. The van der Waals surface area contributed by atoms with Crippen molar-refractivity contribution in [2.45, 2.75) is 57.2 Å². The molecule has 1 heterocycles. The molecule has 2 unspecified atom stereocenters. The normalized spacial score (nSPS) is 17.5. The van der Waals surface area contributed by atoms with E-state index < -0.39 is 11.4 Å². The topological polar surface area (TPSA) is 67.4 Å². The van der Waals surface area contributed by atoms with E-state index in [0.717, 1.165) is 38.9 Å². The van der Waals surface area contributed by atoms with Gasteiger partial charge in [0.2, 0.25) is 5.91 Å². The summed E-state index contributed by atoms with van der Waals surface area (Å²) in [6.45, 7) is 13.2. The summed E-state index contributed by atoms with van der Waals surface area (Å²) < 4.78 is 14.6. The number of carbonyl (C=O) groups excluding carboxylic acids is 1. The molecular formula is C20H35N3O2S.